The minimum Gasteiger partial charge on any atom is -0.337 e. The van der Waals surface area contributed by atoms with E-state index in [1.54, 1.807) is 6.07 Å². The Morgan fingerprint density at radius 1 is 0.833 bits per heavy atom. The highest BCUT2D eigenvalue weighted by atomic mass is 35.5. The van der Waals surface area contributed by atoms with Gasteiger partial charge in [-0.25, -0.2) is 18.4 Å². The zero-order chi connectivity index (χ0) is 21.1. The van der Waals surface area contributed by atoms with Crippen LogP contribution < -0.4 is 10.0 Å². The lowest BCUT2D eigenvalue weighted by Crippen LogP contribution is -2.16. The molecule has 30 heavy (non-hydrogen) atoms. The molecule has 0 fully saturated rings. The summed E-state index contributed by atoms with van der Waals surface area (Å²) in [4.78, 5) is 9.16. The molecule has 1 heterocycles. The van der Waals surface area contributed by atoms with E-state index in [-0.39, 0.29) is 10.7 Å². The molecule has 0 aliphatic heterocycles. The maximum absolute atomic E-state index is 12.9. The van der Waals surface area contributed by atoms with Gasteiger partial charge < -0.3 is 5.32 Å². The third-order valence-electron chi connectivity index (χ3n) is 4.55. The molecule has 0 amide bonds. The van der Waals surface area contributed by atoms with Gasteiger partial charge in [-0.3, -0.25) is 4.72 Å². The fourth-order valence-electron chi connectivity index (χ4n) is 2.92. The third kappa shape index (κ3) is 4.37. The Kier molecular flexibility index (Phi) is 5.57. The number of fused-ring (bicyclic) bond motifs is 1. The molecule has 0 saturated heterocycles. The molecule has 3 aromatic carbocycles. The Balaban J connectivity index is 1.74. The number of hydrogen-bond donors (Lipinski definition) is 2. The normalized spacial score (nSPS) is 11.4. The van der Waals surface area contributed by atoms with E-state index >= 15 is 0 Å². The van der Waals surface area contributed by atoms with Crippen molar-refractivity contribution >= 4 is 50.0 Å². The molecule has 0 unspecified atom stereocenters. The summed E-state index contributed by atoms with van der Waals surface area (Å²) in [6, 6.07) is 21.1. The summed E-state index contributed by atoms with van der Waals surface area (Å²) in [5.41, 5.74) is 3.22. The van der Waals surface area contributed by atoms with E-state index in [9.17, 15) is 8.42 Å². The van der Waals surface area contributed by atoms with Crippen LogP contribution in [0.1, 0.15) is 12.5 Å². The molecule has 0 atom stereocenters. The SMILES string of the molecule is CCc1ccc(Nc2nc3ccccc3nc2NS(=O)(=O)c2ccc(Cl)cc2)cc1. The van der Waals surface area contributed by atoms with Crippen molar-refractivity contribution in [2.24, 2.45) is 0 Å². The molecule has 8 heteroatoms. The number of aromatic nitrogens is 2. The summed E-state index contributed by atoms with van der Waals surface area (Å²) in [5, 5.41) is 3.63. The van der Waals surface area contributed by atoms with Crippen LogP contribution in [0.4, 0.5) is 17.3 Å². The van der Waals surface area contributed by atoms with E-state index < -0.39 is 10.0 Å². The van der Waals surface area contributed by atoms with Crippen LogP contribution in [-0.2, 0) is 16.4 Å². The molecule has 4 aromatic rings. The third-order valence-corrected chi connectivity index (χ3v) is 6.16. The number of benzene rings is 3. The average molecular weight is 439 g/mol. The average Bonchev–Trinajstić information content (AvgIpc) is 2.75. The van der Waals surface area contributed by atoms with Gasteiger partial charge >= 0.3 is 0 Å². The molecule has 0 saturated carbocycles. The van der Waals surface area contributed by atoms with E-state index in [4.69, 9.17) is 11.6 Å². The second kappa shape index (κ2) is 8.30. The Labute approximate surface area is 180 Å². The number of hydrogen-bond acceptors (Lipinski definition) is 5. The Morgan fingerprint density at radius 3 is 2.03 bits per heavy atom. The molecule has 152 valence electrons. The highest BCUT2D eigenvalue weighted by Gasteiger charge is 2.19. The second-order valence-corrected chi connectivity index (χ2v) is 8.76. The van der Waals surface area contributed by atoms with E-state index in [1.165, 1.54) is 29.8 Å². The lowest BCUT2D eigenvalue weighted by atomic mass is 10.1. The van der Waals surface area contributed by atoms with E-state index in [0.717, 1.165) is 12.1 Å². The first-order valence-corrected chi connectivity index (χ1v) is 11.2. The Hall–Kier alpha value is -3.16. The number of nitrogens with one attached hydrogen (secondary N) is 2. The number of para-hydroxylation sites is 2. The fraction of sp³-hybridized carbons (Fsp3) is 0.0909. The highest BCUT2D eigenvalue weighted by Crippen LogP contribution is 2.27. The van der Waals surface area contributed by atoms with Gasteiger partial charge in [0.15, 0.2) is 11.6 Å². The minimum absolute atomic E-state index is 0.0834. The molecule has 4 rings (SSSR count). The van der Waals surface area contributed by atoms with Gasteiger partial charge in [0.2, 0.25) is 0 Å². The second-order valence-electron chi connectivity index (χ2n) is 6.64. The predicted octanol–water partition coefficient (Wildman–Crippen LogP) is 5.39. The molecule has 0 bridgehead atoms. The van der Waals surface area contributed by atoms with Crippen LogP contribution in [0.2, 0.25) is 5.02 Å². The molecule has 0 spiro atoms. The molecule has 6 nitrogen and oxygen atoms in total. The lowest BCUT2D eigenvalue weighted by Gasteiger charge is -2.14. The molecule has 0 aliphatic carbocycles. The van der Waals surface area contributed by atoms with E-state index in [1.807, 2.05) is 42.5 Å². The van der Waals surface area contributed by atoms with Gasteiger partial charge in [0.05, 0.1) is 15.9 Å². The van der Waals surface area contributed by atoms with Crippen molar-refractivity contribution in [1.82, 2.24) is 9.97 Å². The number of halogens is 1. The van der Waals surface area contributed by atoms with E-state index in [0.29, 0.717) is 21.9 Å². The van der Waals surface area contributed by atoms with Crippen molar-refractivity contribution < 1.29 is 8.42 Å². The van der Waals surface area contributed by atoms with Gasteiger partial charge in [0, 0.05) is 10.7 Å². The molecule has 2 N–H and O–H groups in total. The first-order chi connectivity index (χ1) is 14.4. The van der Waals surface area contributed by atoms with Gasteiger partial charge in [0.25, 0.3) is 10.0 Å². The van der Waals surface area contributed by atoms with E-state index in [2.05, 4.69) is 26.9 Å². The Morgan fingerprint density at radius 2 is 1.43 bits per heavy atom. The number of nitrogens with zero attached hydrogens (tertiary/aromatic N) is 2. The number of aryl methyl sites for hydroxylation is 1. The number of rotatable bonds is 6. The minimum atomic E-state index is -3.88. The van der Waals surface area contributed by atoms with Crippen molar-refractivity contribution in [3.05, 3.63) is 83.4 Å². The summed E-state index contributed by atoms with van der Waals surface area (Å²) >= 11 is 5.88. The van der Waals surface area contributed by atoms with Crippen LogP contribution in [-0.4, -0.2) is 18.4 Å². The molecular formula is C22H19ClN4O2S. The molecule has 1 aromatic heterocycles. The first kappa shape index (κ1) is 20.1. The zero-order valence-electron chi connectivity index (χ0n) is 16.1. The lowest BCUT2D eigenvalue weighted by molar-refractivity contribution is 0.601. The Bertz CT molecular complexity index is 1290. The summed E-state index contributed by atoms with van der Waals surface area (Å²) in [6.45, 7) is 2.08. The fourth-order valence-corrected chi connectivity index (χ4v) is 4.05. The largest absolute Gasteiger partial charge is 0.337 e. The number of anilines is 3. The first-order valence-electron chi connectivity index (χ1n) is 9.36. The zero-order valence-corrected chi connectivity index (χ0v) is 17.7. The number of sulfonamides is 1. The van der Waals surface area contributed by atoms with Crippen molar-refractivity contribution in [3.63, 3.8) is 0 Å². The maximum Gasteiger partial charge on any atom is 0.263 e. The topological polar surface area (TPSA) is 84.0 Å². The predicted molar refractivity (Wildman–Crippen MR) is 121 cm³/mol. The quantitative estimate of drug-likeness (QED) is 0.421. The smallest absolute Gasteiger partial charge is 0.263 e. The molecule has 0 radical (unpaired) electrons. The van der Waals surface area contributed by atoms with Crippen molar-refractivity contribution in [3.8, 4) is 0 Å². The molecular weight excluding hydrogens is 420 g/mol. The monoisotopic (exact) mass is 438 g/mol. The standard InChI is InChI=1S/C22H19ClN4O2S/c1-2-15-7-11-17(12-8-15)24-21-22(26-20-6-4-3-5-19(20)25-21)27-30(28,29)18-13-9-16(23)10-14-18/h3-14H,2H2,1H3,(H,24,25)(H,26,27). The summed E-state index contributed by atoms with van der Waals surface area (Å²) in [6.07, 6.45) is 0.933. The summed E-state index contributed by atoms with van der Waals surface area (Å²) < 4.78 is 28.3. The summed E-state index contributed by atoms with van der Waals surface area (Å²) in [7, 11) is -3.88. The maximum atomic E-state index is 12.9. The van der Waals surface area contributed by atoms with Crippen LogP contribution in [0.25, 0.3) is 11.0 Å². The highest BCUT2D eigenvalue weighted by molar-refractivity contribution is 7.92. The van der Waals surface area contributed by atoms with Gasteiger partial charge in [0.1, 0.15) is 0 Å². The van der Waals surface area contributed by atoms with Gasteiger partial charge in [-0.05, 0) is 60.5 Å². The van der Waals surface area contributed by atoms with Crippen molar-refractivity contribution in [2.45, 2.75) is 18.2 Å². The van der Waals surface area contributed by atoms with Crippen molar-refractivity contribution in [2.75, 3.05) is 10.0 Å². The van der Waals surface area contributed by atoms with Gasteiger partial charge in [-0.2, -0.15) is 0 Å². The van der Waals surface area contributed by atoms with Crippen LogP contribution in [0.15, 0.2) is 77.7 Å². The van der Waals surface area contributed by atoms with Crippen LogP contribution >= 0.6 is 11.6 Å². The van der Waals surface area contributed by atoms with Crippen LogP contribution in [0.3, 0.4) is 0 Å². The summed E-state index contributed by atoms with van der Waals surface area (Å²) in [5.74, 6) is 0.429. The van der Waals surface area contributed by atoms with Crippen LogP contribution in [0.5, 0.6) is 0 Å². The van der Waals surface area contributed by atoms with Gasteiger partial charge in [-0.1, -0.05) is 42.8 Å². The van der Waals surface area contributed by atoms with Crippen molar-refractivity contribution in [1.29, 1.82) is 0 Å². The van der Waals surface area contributed by atoms with Crippen LogP contribution in [0, 0.1) is 0 Å². The van der Waals surface area contributed by atoms with Gasteiger partial charge in [-0.15, -0.1) is 0 Å². The molecule has 0 aliphatic rings.